The fourth-order valence-corrected chi connectivity index (χ4v) is 5.40. The fourth-order valence-electron chi connectivity index (χ4n) is 5.40. The van der Waals surface area contributed by atoms with Gasteiger partial charge in [-0.25, -0.2) is 0 Å². The number of ketones is 1. The third-order valence-corrected chi connectivity index (χ3v) is 7.06. The number of ether oxygens (including phenoxy) is 1. The van der Waals surface area contributed by atoms with Gasteiger partial charge in [-0.15, -0.1) is 0 Å². The van der Waals surface area contributed by atoms with Crippen LogP contribution in [0.4, 0.5) is 5.69 Å². The summed E-state index contributed by atoms with van der Waals surface area (Å²) in [7, 11) is 1.94. The van der Waals surface area contributed by atoms with E-state index in [-0.39, 0.29) is 11.3 Å². The number of hydrogen-bond acceptors (Lipinski definition) is 4. The molecule has 194 valence electrons. The number of carbonyl (C=O) groups excluding carboxylic acids is 2. The SMILES string of the molecule is CCCOc1ccc(/C(O)=C2\C(=O)C(=O)N(c3cc(C)cc(C)c3)C2c2cn(C)c3ccccc23)cc1C. The largest absolute Gasteiger partial charge is 0.507 e. The third-order valence-electron chi connectivity index (χ3n) is 7.06. The predicted molar refractivity (Wildman–Crippen MR) is 151 cm³/mol. The monoisotopic (exact) mass is 508 g/mol. The lowest BCUT2D eigenvalue weighted by Gasteiger charge is -2.26. The smallest absolute Gasteiger partial charge is 0.300 e. The molecule has 1 amide bonds. The molecule has 0 spiro atoms. The number of aryl methyl sites for hydroxylation is 4. The Morgan fingerprint density at radius 3 is 2.37 bits per heavy atom. The van der Waals surface area contributed by atoms with Crippen LogP contribution in [0, 0.1) is 20.8 Å². The molecule has 1 atom stereocenters. The number of aliphatic hydroxyl groups is 1. The van der Waals surface area contributed by atoms with Gasteiger partial charge in [0.15, 0.2) is 0 Å². The zero-order valence-corrected chi connectivity index (χ0v) is 22.4. The lowest BCUT2D eigenvalue weighted by molar-refractivity contribution is -0.132. The van der Waals surface area contributed by atoms with Gasteiger partial charge >= 0.3 is 0 Å². The molecule has 1 aromatic heterocycles. The van der Waals surface area contributed by atoms with Gasteiger partial charge in [-0.1, -0.05) is 31.2 Å². The first-order valence-corrected chi connectivity index (χ1v) is 12.9. The van der Waals surface area contributed by atoms with Crippen molar-refractivity contribution in [2.24, 2.45) is 7.05 Å². The molecule has 1 unspecified atom stereocenters. The molecule has 2 heterocycles. The Bertz CT molecular complexity index is 1590. The van der Waals surface area contributed by atoms with Crippen molar-refractivity contribution in [3.05, 3.63) is 100 Å². The molecule has 4 aromatic rings. The van der Waals surface area contributed by atoms with Crippen LogP contribution in [0.25, 0.3) is 16.7 Å². The number of carbonyl (C=O) groups is 2. The van der Waals surface area contributed by atoms with E-state index in [1.165, 1.54) is 4.90 Å². The molecule has 0 aliphatic carbocycles. The topological polar surface area (TPSA) is 71.8 Å². The molecule has 1 fully saturated rings. The van der Waals surface area contributed by atoms with Gasteiger partial charge in [0.25, 0.3) is 11.7 Å². The molecule has 0 bridgehead atoms. The van der Waals surface area contributed by atoms with Crippen LogP contribution in [-0.2, 0) is 16.6 Å². The average molecular weight is 509 g/mol. The summed E-state index contributed by atoms with van der Waals surface area (Å²) >= 11 is 0. The Balaban J connectivity index is 1.75. The molecular weight excluding hydrogens is 476 g/mol. The van der Waals surface area contributed by atoms with Gasteiger partial charge in [0.2, 0.25) is 0 Å². The zero-order valence-electron chi connectivity index (χ0n) is 22.4. The number of aliphatic hydroxyl groups excluding tert-OH is 1. The number of aromatic nitrogens is 1. The van der Waals surface area contributed by atoms with E-state index in [4.69, 9.17) is 4.74 Å². The second-order valence-electron chi connectivity index (χ2n) is 10.1. The number of anilines is 1. The second-order valence-corrected chi connectivity index (χ2v) is 10.1. The second kappa shape index (κ2) is 9.86. The maximum Gasteiger partial charge on any atom is 0.300 e. The Labute approximate surface area is 222 Å². The minimum atomic E-state index is -0.793. The van der Waals surface area contributed by atoms with Gasteiger partial charge < -0.3 is 14.4 Å². The van der Waals surface area contributed by atoms with Crippen molar-refractivity contribution in [2.45, 2.75) is 40.2 Å². The van der Waals surface area contributed by atoms with E-state index in [2.05, 4.69) is 0 Å². The molecule has 0 radical (unpaired) electrons. The van der Waals surface area contributed by atoms with Crippen LogP contribution < -0.4 is 9.64 Å². The van der Waals surface area contributed by atoms with Crippen LogP contribution in [0.5, 0.6) is 5.75 Å². The Hall–Kier alpha value is -4.32. The standard InChI is InChI=1S/C32H32N2O4/c1-6-13-38-27-12-11-22(17-21(27)4)30(35)28-29(25-18-33(5)26-10-8-7-9-24(25)26)34(32(37)31(28)36)23-15-19(2)14-20(3)16-23/h7-12,14-18,29,35H,6,13H2,1-5H3/b30-28+. The predicted octanol–water partition coefficient (Wildman–Crippen LogP) is 6.52. The molecule has 6 heteroatoms. The van der Waals surface area contributed by atoms with E-state index in [0.29, 0.717) is 17.9 Å². The molecule has 0 saturated carbocycles. The van der Waals surface area contributed by atoms with Crippen LogP contribution in [0.3, 0.4) is 0 Å². The Kier molecular flexibility index (Phi) is 6.57. The van der Waals surface area contributed by atoms with E-state index in [1.807, 2.05) is 88.0 Å². The minimum Gasteiger partial charge on any atom is -0.507 e. The summed E-state index contributed by atoms with van der Waals surface area (Å²) in [6.07, 6.45) is 2.82. The fraction of sp³-hybridized carbons (Fsp3) is 0.250. The highest BCUT2D eigenvalue weighted by molar-refractivity contribution is 6.52. The van der Waals surface area contributed by atoms with Crippen LogP contribution in [0.1, 0.15) is 47.2 Å². The van der Waals surface area contributed by atoms with Gasteiger partial charge in [0, 0.05) is 41.0 Å². The number of Topliss-reactive ketones (excluding diaryl/α,β-unsaturated/α-hetero) is 1. The number of para-hydroxylation sites is 1. The lowest BCUT2D eigenvalue weighted by atomic mass is 9.94. The average Bonchev–Trinajstić information content (AvgIpc) is 3.35. The van der Waals surface area contributed by atoms with Gasteiger partial charge in [-0.2, -0.15) is 0 Å². The number of fused-ring (bicyclic) bond motifs is 1. The van der Waals surface area contributed by atoms with E-state index in [9.17, 15) is 14.7 Å². The Morgan fingerprint density at radius 2 is 1.68 bits per heavy atom. The van der Waals surface area contributed by atoms with E-state index in [1.54, 1.807) is 18.2 Å². The molecule has 3 aromatic carbocycles. The van der Waals surface area contributed by atoms with E-state index in [0.717, 1.165) is 45.3 Å². The normalized spacial score (nSPS) is 17.0. The summed E-state index contributed by atoms with van der Waals surface area (Å²) in [6.45, 7) is 8.46. The summed E-state index contributed by atoms with van der Waals surface area (Å²) < 4.78 is 7.78. The minimum absolute atomic E-state index is 0.0761. The van der Waals surface area contributed by atoms with Crippen LogP contribution in [0.2, 0.25) is 0 Å². The maximum atomic E-state index is 13.7. The highest BCUT2D eigenvalue weighted by Crippen LogP contribution is 2.45. The first kappa shape index (κ1) is 25.3. The van der Waals surface area contributed by atoms with Crippen molar-refractivity contribution >= 4 is 34.0 Å². The van der Waals surface area contributed by atoms with Crippen molar-refractivity contribution in [2.75, 3.05) is 11.5 Å². The summed E-state index contributed by atoms with van der Waals surface area (Å²) in [6, 6.07) is 18.2. The molecule has 5 rings (SSSR count). The first-order valence-electron chi connectivity index (χ1n) is 12.9. The number of amides is 1. The first-order chi connectivity index (χ1) is 18.2. The number of hydrogen-bond donors (Lipinski definition) is 1. The maximum absolute atomic E-state index is 13.7. The van der Waals surface area contributed by atoms with Gasteiger partial charge in [0.1, 0.15) is 11.5 Å². The van der Waals surface area contributed by atoms with Crippen molar-refractivity contribution < 1.29 is 19.4 Å². The molecular formula is C32H32N2O4. The summed E-state index contributed by atoms with van der Waals surface area (Å²) in [4.78, 5) is 28.8. The molecule has 1 saturated heterocycles. The summed E-state index contributed by atoms with van der Waals surface area (Å²) in [5, 5.41) is 12.5. The van der Waals surface area contributed by atoms with Crippen LogP contribution in [-0.4, -0.2) is 28.0 Å². The molecule has 1 aliphatic heterocycles. The summed E-state index contributed by atoms with van der Waals surface area (Å²) in [5.74, 6) is -0.833. The van der Waals surface area contributed by atoms with Crippen molar-refractivity contribution in [1.29, 1.82) is 0 Å². The van der Waals surface area contributed by atoms with Crippen molar-refractivity contribution in [3.63, 3.8) is 0 Å². The highest BCUT2D eigenvalue weighted by atomic mass is 16.5. The number of nitrogens with zero attached hydrogens (tertiary/aromatic N) is 2. The van der Waals surface area contributed by atoms with Crippen molar-refractivity contribution in [3.8, 4) is 5.75 Å². The lowest BCUT2D eigenvalue weighted by Crippen LogP contribution is -2.29. The van der Waals surface area contributed by atoms with Crippen LogP contribution in [0.15, 0.2) is 72.4 Å². The van der Waals surface area contributed by atoms with E-state index < -0.39 is 17.7 Å². The molecule has 38 heavy (non-hydrogen) atoms. The molecule has 1 aliphatic rings. The molecule has 1 N–H and O–H groups in total. The van der Waals surface area contributed by atoms with Gasteiger partial charge in [-0.05, 0) is 80.3 Å². The zero-order chi connectivity index (χ0) is 27.1. The van der Waals surface area contributed by atoms with Gasteiger partial charge in [0.05, 0.1) is 18.2 Å². The van der Waals surface area contributed by atoms with E-state index >= 15 is 0 Å². The Morgan fingerprint density at radius 1 is 0.974 bits per heavy atom. The summed E-state index contributed by atoms with van der Waals surface area (Å²) in [5.41, 5.74) is 5.73. The van der Waals surface area contributed by atoms with Crippen molar-refractivity contribution in [1.82, 2.24) is 4.57 Å². The highest BCUT2D eigenvalue weighted by Gasteiger charge is 2.48. The molecule has 6 nitrogen and oxygen atoms in total. The van der Waals surface area contributed by atoms with Crippen LogP contribution >= 0.6 is 0 Å². The quantitative estimate of drug-likeness (QED) is 0.183. The number of benzene rings is 3. The number of rotatable bonds is 6. The van der Waals surface area contributed by atoms with Gasteiger partial charge in [-0.3, -0.25) is 14.5 Å². The third kappa shape index (κ3) is 4.26.